The second-order valence-electron chi connectivity index (χ2n) is 5.91. The first kappa shape index (κ1) is 16.4. The lowest BCUT2D eigenvalue weighted by molar-refractivity contribution is 0.117. The van der Waals surface area contributed by atoms with Gasteiger partial charge < -0.3 is 20.7 Å². The van der Waals surface area contributed by atoms with Gasteiger partial charge in [0.05, 0.1) is 18.1 Å². The summed E-state index contributed by atoms with van der Waals surface area (Å²) in [5, 5.41) is 19.4. The molecular weight excluding hydrogens is 278 g/mol. The van der Waals surface area contributed by atoms with E-state index in [0.717, 1.165) is 17.6 Å². The van der Waals surface area contributed by atoms with Crippen molar-refractivity contribution in [3.05, 3.63) is 59.3 Å². The van der Waals surface area contributed by atoms with E-state index in [0.29, 0.717) is 18.8 Å². The summed E-state index contributed by atoms with van der Waals surface area (Å²) in [4.78, 5) is 0. The van der Waals surface area contributed by atoms with Gasteiger partial charge in [0.2, 0.25) is 0 Å². The molecule has 0 bridgehead atoms. The predicted octanol–water partition coefficient (Wildman–Crippen LogP) is 3.66. The zero-order chi connectivity index (χ0) is 16.3. The first-order valence-electron chi connectivity index (χ1n) is 7.69. The van der Waals surface area contributed by atoms with Gasteiger partial charge in [0.25, 0.3) is 0 Å². The van der Waals surface area contributed by atoms with Gasteiger partial charge in [-0.25, -0.2) is 0 Å². The maximum Gasteiger partial charge on any atom is 0.126 e. The molecule has 0 radical (unpaired) electrons. The molecule has 2 rings (SSSR count). The zero-order valence-electron chi connectivity index (χ0n) is 13.2. The maximum absolute atomic E-state index is 9.80. The van der Waals surface area contributed by atoms with E-state index in [4.69, 9.17) is 10.5 Å². The Kier molecular flexibility index (Phi) is 5.14. The lowest BCUT2D eigenvalue weighted by Crippen LogP contribution is -2.37. The first-order chi connectivity index (χ1) is 10.5. The van der Waals surface area contributed by atoms with Crippen LogP contribution in [0.15, 0.2) is 59.3 Å². The summed E-state index contributed by atoms with van der Waals surface area (Å²) in [6.07, 6.45) is 8.57. The third-order valence-corrected chi connectivity index (χ3v) is 4.14. The Morgan fingerprint density at radius 2 is 2.18 bits per heavy atom. The van der Waals surface area contributed by atoms with E-state index in [1.807, 2.05) is 13.0 Å². The van der Waals surface area contributed by atoms with Gasteiger partial charge in [-0.2, -0.15) is 0 Å². The van der Waals surface area contributed by atoms with E-state index in [2.05, 4.69) is 6.58 Å². The minimum Gasteiger partial charge on any atom is -0.513 e. The molecule has 1 aliphatic carbocycles. The molecule has 4 heteroatoms. The Hall–Kier alpha value is -1.94. The Balaban J connectivity index is 2.51. The standard InChI is InChI=1S/C18H25NO3/c1-4-15(21)9-17-16(5-2)18-12(6-11(3)20)7-14(19)8-13(18)10-22-17/h5-7,9,13-14,18,20-21H,2,4,8,10,19H2,1,3H3/b11-6+,15-9+/t13?,14?,18-/m0/s1. The molecule has 120 valence electrons. The van der Waals surface area contributed by atoms with Crippen molar-refractivity contribution in [2.45, 2.75) is 32.7 Å². The number of hydrogen-bond acceptors (Lipinski definition) is 4. The molecule has 0 aromatic carbocycles. The van der Waals surface area contributed by atoms with Crippen molar-refractivity contribution >= 4 is 0 Å². The van der Waals surface area contributed by atoms with Crippen molar-refractivity contribution in [1.82, 2.24) is 0 Å². The number of rotatable bonds is 4. The van der Waals surface area contributed by atoms with Crippen LogP contribution in [0.1, 0.15) is 26.7 Å². The summed E-state index contributed by atoms with van der Waals surface area (Å²) in [5.41, 5.74) is 8.02. The van der Waals surface area contributed by atoms with Crippen molar-refractivity contribution in [3.8, 4) is 0 Å². The number of hydrogen-bond donors (Lipinski definition) is 3. The molecule has 0 aromatic heterocycles. The highest BCUT2D eigenvalue weighted by molar-refractivity contribution is 5.43. The third kappa shape index (κ3) is 3.45. The van der Waals surface area contributed by atoms with Gasteiger partial charge in [0.1, 0.15) is 5.76 Å². The van der Waals surface area contributed by atoms with E-state index in [-0.39, 0.29) is 29.4 Å². The lowest BCUT2D eigenvalue weighted by Gasteiger charge is -2.39. The summed E-state index contributed by atoms with van der Waals surface area (Å²) in [6.45, 7) is 7.98. The van der Waals surface area contributed by atoms with Crippen molar-refractivity contribution < 1.29 is 14.9 Å². The Morgan fingerprint density at radius 1 is 1.45 bits per heavy atom. The van der Waals surface area contributed by atoms with Gasteiger partial charge in [0.15, 0.2) is 0 Å². The van der Waals surface area contributed by atoms with E-state index < -0.39 is 0 Å². The molecule has 4 N–H and O–H groups in total. The predicted molar refractivity (Wildman–Crippen MR) is 88.2 cm³/mol. The number of aliphatic hydroxyl groups excluding tert-OH is 2. The highest BCUT2D eigenvalue weighted by Gasteiger charge is 2.37. The van der Waals surface area contributed by atoms with Gasteiger partial charge in [-0.1, -0.05) is 25.7 Å². The number of aliphatic hydroxyl groups is 2. The van der Waals surface area contributed by atoms with Crippen LogP contribution in [0, 0.1) is 11.8 Å². The summed E-state index contributed by atoms with van der Waals surface area (Å²) < 4.78 is 5.83. The van der Waals surface area contributed by atoms with Crippen LogP contribution in [0.5, 0.6) is 0 Å². The van der Waals surface area contributed by atoms with E-state index in [9.17, 15) is 10.2 Å². The molecule has 22 heavy (non-hydrogen) atoms. The van der Waals surface area contributed by atoms with E-state index >= 15 is 0 Å². The maximum atomic E-state index is 9.80. The van der Waals surface area contributed by atoms with E-state index in [1.54, 1.807) is 25.2 Å². The van der Waals surface area contributed by atoms with Gasteiger partial charge in [-0.05, 0) is 25.0 Å². The fourth-order valence-corrected chi connectivity index (χ4v) is 3.19. The van der Waals surface area contributed by atoms with Crippen molar-refractivity contribution in [2.75, 3.05) is 6.61 Å². The van der Waals surface area contributed by atoms with E-state index in [1.165, 1.54) is 0 Å². The zero-order valence-corrected chi connectivity index (χ0v) is 13.2. The van der Waals surface area contributed by atoms with Crippen molar-refractivity contribution in [3.63, 3.8) is 0 Å². The molecule has 3 atom stereocenters. The molecule has 0 saturated heterocycles. The number of allylic oxidation sites excluding steroid dienone is 7. The second kappa shape index (κ2) is 6.88. The molecule has 0 amide bonds. The molecule has 0 fully saturated rings. The van der Waals surface area contributed by atoms with Crippen molar-refractivity contribution in [2.24, 2.45) is 17.6 Å². The van der Waals surface area contributed by atoms with Crippen LogP contribution in [0.25, 0.3) is 0 Å². The smallest absolute Gasteiger partial charge is 0.126 e. The molecule has 0 saturated carbocycles. The van der Waals surface area contributed by atoms with Crippen LogP contribution in [-0.2, 0) is 4.74 Å². The van der Waals surface area contributed by atoms with Gasteiger partial charge in [0, 0.05) is 35.9 Å². The highest BCUT2D eigenvalue weighted by Crippen LogP contribution is 2.42. The minimum absolute atomic E-state index is 0.0392. The Morgan fingerprint density at radius 3 is 2.77 bits per heavy atom. The van der Waals surface area contributed by atoms with Crippen LogP contribution in [0.4, 0.5) is 0 Å². The van der Waals surface area contributed by atoms with Crippen LogP contribution in [-0.4, -0.2) is 22.9 Å². The molecule has 0 aromatic rings. The molecular formula is C18H25NO3. The van der Waals surface area contributed by atoms with Crippen LogP contribution >= 0.6 is 0 Å². The van der Waals surface area contributed by atoms with Crippen LogP contribution in [0.3, 0.4) is 0 Å². The normalized spacial score (nSPS) is 29.6. The van der Waals surface area contributed by atoms with Crippen LogP contribution < -0.4 is 5.73 Å². The third-order valence-electron chi connectivity index (χ3n) is 4.14. The number of fused-ring (bicyclic) bond motifs is 1. The quantitative estimate of drug-likeness (QED) is 0.693. The molecule has 0 spiro atoms. The summed E-state index contributed by atoms with van der Waals surface area (Å²) in [7, 11) is 0. The Bertz CT molecular complexity index is 565. The minimum atomic E-state index is -0.0392. The molecule has 4 nitrogen and oxygen atoms in total. The first-order valence-corrected chi connectivity index (χ1v) is 7.69. The Labute approximate surface area is 132 Å². The topological polar surface area (TPSA) is 75.7 Å². The molecule has 1 aliphatic heterocycles. The highest BCUT2D eigenvalue weighted by atomic mass is 16.5. The average molecular weight is 303 g/mol. The van der Waals surface area contributed by atoms with Gasteiger partial charge in [-0.15, -0.1) is 0 Å². The second-order valence-corrected chi connectivity index (χ2v) is 5.91. The molecule has 2 unspecified atom stereocenters. The summed E-state index contributed by atoms with van der Waals surface area (Å²) in [5.74, 6) is 1.52. The van der Waals surface area contributed by atoms with Gasteiger partial charge in [-0.3, -0.25) is 0 Å². The molecule has 1 heterocycles. The SMILES string of the molecule is C=CC1=C(/C=C(/O)CC)OCC2CC(N)C=C(/C=C(\C)O)[C@H]12. The average Bonchev–Trinajstić information content (AvgIpc) is 2.46. The summed E-state index contributed by atoms with van der Waals surface area (Å²) >= 11 is 0. The fraction of sp³-hybridized carbons (Fsp3) is 0.444. The molecule has 2 aliphatic rings. The largest absolute Gasteiger partial charge is 0.513 e. The lowest BCUT2D eigenvalue weighted by atomic mass is 9.71. The monoisotopic (exact) mass is 303 g/mol. The van der Waals surface area contributed by atoms with Gasteiger partial charge >= 0.3 is 0 Å². The fourth-order valence-electron chi connectivity index (χ4n) is 3.19. The number of nitrogens with two attached hydrogens (primary N) is 1. The number of ether oxygens (including phenoxy) is 1. The van der Waals surface area contributed by atoms with Crippen molar-refractivity contribution in [1.29, 1.82) is 0 Å². The van der Waals surface area contributed by atoms with Crippen LogP contribution in [0.2, 0.25) is 0 Å². The summed E-state index contributed by atoms with van der Waals surface area (Å²) in [6, 6.07) is -0.0392.